The first-order chi connectivity index (χ1) is 8.49. The van der Waals surface area contributed by atoms with Crippen molar-refractivity contribution in [1.82, 2.24) is 19.6 Å². The molecule has 1 atom stereocenters. The van der Waals surface area contributed by atoms with Crippen LogP contribution in [0.3, 0.4) is 0 Å². The van der Waals surface area contributed by atoms with E-state index in [1.54, 1.807) is 6.92 Å². The highest BCUT2D eigenvalue weighted by atomic mass is 35.5. The van der Waals surface area contributed by atoms with E-state index >= 15 is 0 Å². The molecule has 0 saturated carbocycles. The first-order valence-corrected chi connectivity index (χ1v) is 5.30. The fourth-order valence-corrected chi connectivity index (χ4v) is 1.50. The summed E-state index contributed by atoms with van der Waals surface area (Å²) in [6, 6.07) is -0.713. The van der Waals surface area contributed by atoms with Crippen LogP contribution in [-0.4, -0.2) is 30.4 Å². The Bertz CT molecular complexity index is 605. The van der Waals surface area contributed by atoms with Gasteiger partial charge in [-0.1, -0.05) is 11.6 Å². The van der Waals surface area contributed by atoms with Crippen molar-refractivity contribution in [1.29, 1.82) is 0 Å². The highest BCUT2D eigenvalue weighted by Crippen LogP contribution is 2.15. The lowest BCUT2D eigenvalue weighted by atomic mass is 10.3. The second-order valence-electron chi connectivity index (χ2n) is 3.55. The Labute approximate surface area is 106 Å². The van der Waals surface area contributed by atoms with Gasteiger partial charge in [-0.15, -0.1) is 0 Å². The zero-order valence-corrected chi connectivity index (χ0v) is 9.98. The van der Waals surface area contributed by atoms with Crippen LogP contribution in [0.5, 0.6) is 0 Å². The number of rotatable bonds is 3. The van der Waals surface area contributed by atoms with Crippen LogP contribution in [0.25, 0.3) is 0 Å². The first kappa shape index (κ1) is 12.2. The number of hydrogen-bond acceptors (Lipinski definition) is 5. The van der Waals surface area contributed by atoms with Gasteiger partial charge in [-0.2, -0.15) is 10.2 Å². The summed E-state index contributed by atoms with van der Waals surface area (Å²) < 4.78 is 2.27. The summed E-state index contributed by atoms with van der Waals surface area (Å²) in [5, 5.41) is 18.4. The molecule has 0 bridgehead atoms. The molecule has 18 heavy (non-hydrogen) atoms. The molecule has 0 spiro atoms. The molecule has 0 N–H and O–H groups in total. The SMILES string of the molecule is C[C@H](C(=O)n1cc(Cl)cn1)n1cc([N+](=O)[O-])cn1. The van der Waals surface area contributed by atoms with Crippen molar-refractivity contribution in [3.63, 3.8) is 0 Å². The summed E-state index contributed by atoms with van der Waals surface area (Å²) in [4.78, 5) is 21.9. The van der Waals surface area contributed by atoms with Crippen LogP contribution in [0.2, 0.25) is 5.02 Å². The number of carbonyl (C=O) groups excluding carboxylic acids is 1. The number of nitrogens with zero attached hydrogens (tertiary/aromatic N) is 5. The molecule has 0 aromatic carbocycles. The fraction of sp³-hybridized carbons (Fsp3) is 0.222. The van der Waals surface area contributed by atoms with Crippen molar-refractivity contribution < 1.29 is 9.72 Å². The summed E-state index contributed by atoms with van der Waals surface area (Å²) >= 11 is 5.65. The van der Waals surface area contributed by atoms with E-state index in [0.29, 0.717) is 5.02 Å². The van der Waals surface area contributed by atoms with Gasteiger partial charge < -0.3 is 0 Å². The number of aromatic nitrogens is 4. The second kappa shape index (κ2) is 4.57. The number of nitro groups is 1. The van der Waals surface area contributed by atoms with Crippen LogP contribution >= 0.6 is 11.6 Å². The predicted octanol–water partition coefficient (Wildman–Crippen LogP) is 1.54. The van der Waals surface area contributed by atoms with Crippen LogP contribution in [0.4, 0.5) is 5.69 Å². The van der Waals surface area contributed by atoms with E-state index in [-0.39, 0.29) is 11.6 Å². The largest absolute Gasteiger partial charge is 0.307 e. The van der Waals surface area contributed by atoms with Crippen molar-refractivity contribution in [3.05, 3.63) is 39.9 Å². The van der Waals surface area contributed by atoms with Crippen LogP contribution in [0.1, 0.15) is 17.8 Å². The van der Waals surface area contributed by atoms with E-state index in [4.69, 9.17) is 11.6 Å². The van der Waals surface area contributed by atoms with Gasteiger partial charge in [0, 0.05) is 0 Å². The lowest BCUT2D eigenvalue weighted by molar-refractivity contribution is -0.385. The minimum Gasteiger partial charge on any atom is -0.270 e. The van der Waals surface area contributed by atoms with Gasteiger partial charge in [0.25, 0.3) is 5.91 Å². The standard InChI is InChI=1S/C9H8ClN5O3/c1-6(9(16)14-4-7(10)2-11-14)13-5-8(3-12-13)15(17)18/h2-6H,1H3/t6-/m1/s1. The van der Waals surface area contributed by atoms with Crippen molar-refractivity contribution in [3.8, 4) is 0 Å². The van der Waals surface area contributed by atoms with E-state index in [1.165, 1.54) is 23.3 Å². The molecule has 0 radical (unpaired) electrons. The topological polar surface area (TPSA) is 95.8 Å². The third kappa shape index (κ3) is 2.23. The minimum atomic E-state index is -0.713. The fourth-order valence-electron chi connectivity index (χ4n) is 1.36. The summed E-state index contributed by atoms with van der Waals surface area (Å²) in [5.41, 5.74) is -0.173. The van der Waals surface area contributed by atoms with E-state index in [0.717, 1.165) is 10.9 Å². The third-order valence-electron chi connectivity index (χ3n) is 2.33. The first-order valence-electron chi connectivity index (χ1n) is 4.92. The molecule has 2 aromatic heterocycles. The average Bonchev–Trinajstić information content (AvgIpc) is 2.95. The van der Waals surface area contributed by atoms with Gasteiger partial charge in [0.15, 0.2) is 0 Å². The van der Waals surface area contributed by atoms with Gasteiger partial charge in [0.2, 0.25) is 0 Å². The maximum atomic E-state index is 11.9. The number of hydrogen-bond donors (Lipinski definition) is 0. The minimum absolute atomic E-state index is 0.173. The van der Waals surface area contributed by atoms with Gasteiger partial charge in [-0.25, -0.2) is 4.68 Å². The molecule has 0 saturated heterocycles. The molecule has 0 aliphatic heterocycles. The van der Waals surface area contributed by atoms with Gasteiger partial charge in [0.1, 0.15) is 18.4 Å². The summed E-state index contributed by atoms with van der Waals surface area (Å²) in [7, 11) is 0. The molecule has 0 unspecified atom stereocenters. The van der Waals surface area contributed by atoms with Crippen molar-refractivity contribution in [2.45, 2.75) is 13.0 Å². The molecule has 2 aromatic rings. The maximum Gasteiger partial charge on any atom is 0.307 e. The van der Waals surface area contributed by atoms with Crippen LogP contribution in [-0.2, 0) is 0 Å². The van der Waals surface area contributed by atoms with Gasteiger partial charge in [-0.3, -0.25) is 19.6 Å². The average molecular weight is 270 g/mol. The highest BCUT2D eigenvalue weighted by Gasteiger charge is 2.21. The van der Waals surface area contributed by atoms with E-state index in [2.05, 4.69) is 10.2 Å². The highest BCUT2D eigenvalue weighted by molar-refractivity contribution is 6.30. The Morgan fingerprint density at radius 2 is 2.17 bits per heavy atom. The van der Waals surface area contributed by atoms with Crippen LogP contribution < -0.4 is 0 Å². The Morgan fingerprint density at radius 1 is 1.44 bits per heavy atom. The molecule has 2 rings (SSSR count). The summed E-state index contributed by atoms with van der Waals surface area (Å²) in [5.74, 6) is -0.389. The Morgan fingerprint density at radius 3 is 2.67 bits per heavy atom. The number of halogens is 1. The Balaban J connectivity index is 2.22. The molecule has 2 heterocycles. The van der Waals surface area contributed by atoms with Gasteiger partial charge in [0.05, 0.1) is 22.3 Å². The molecule has 0 aliphatic carbocycles. The van der Waals surface area contributed by atoms with Crippen molar-refractivity contribution in [2.75, 3.05) is 0 Å². The van der Waals surface area contributed by atoms with Gasteiger partial charge >= 0.3 is 5.69 Å². The predicted molar refractivity (Wildman–Crippen MR) is 61.5 cm³/mol. The molecule has 94 valence electrons. The Kier molecular flexibility index (Phi) is 3.11. The molecule has 0 aliphatic rings. The molecule has 8 nitrogen and oxygen atoms in total. The second-order valence-corrected chi connectivity index (χ2v) is 3.99. The normalized spacial score (nSPS) is 12.3. The van der Waals surface area contributed by atoms with Crippen molar-refractivity contribution in [2.24, 2.45) is 0 Å². The van der Waals surface area contributed by atoms with Crippen LogP contribution in [0.15, 0.2) is 24.8 Å². The third-order valence-corrected chi connectivity index (χ3v) is 2.52. The zero-order valence-electron chi connectivity index (χ0n) is 9.23. The molecule has 0 amide bonds. The summed E-state index contributed by atoms with van der Waals surface area (Å²) in [6.07, 6.45) is 4.96. The van der Waals surface area contributed by atoms with Gasteiger partial charge in [-0.05, 0) is 6.92 Å². The molecular weight excluding hydrogens is 262 g/mol. The van der Waals surface area contributed by atoms with E-state index in [1.807, 2.05) is 0 Å². The van der Waals surface area contributed by atoms with E-state index < -0.39 is 11.0 Å². The Hall–Kier alpha value is -2.22. The molecule has 0 fully saturated rings. The van der Waals surface area contributed by atoms with Crippen molar-refractivity contribution >= 4 is 23.2 Å². The lowest BCUT2D eigenvalue weighted by Gasteiger charge is -2.09. The van der Waals surface area contributed by atoms with Crippen LogP contribution in [0, 0.1) is 10.1 Å². The monoisotopic (exact) mass is 269 g/mol. The lowest BCUT2D eigenvalue weighted by Crippen LogP contribution is -2.23. The maximum absolute atomic E-state index is 11.9. The smallest absolute Gasteiger partial charge is 0.270 e. The summed E-state index contributed by atoms with van der Waals surface area (Å²) in [6.45, 7) is 1.56. The molecule has 9 heteroatoms. The quantitative estimate of drug-likeness (QED) is 0.622. The zero-order chi connectivity index (χ0) is 13.3. The van der Waals surface area contributed by atoms with E-state index in [9.17, 15) is 14.9 Å². The number of carbonyl (C=O) groups is 1. The molecular formula is C9H8ClN5O3.